The molecule has 6 nitrogen and oxygen atoms in total. The molecule has 0 saturated carbocycles. The van der Waals surface area contributed by atoms with E-state index < -0.39 is 5.97 Å². The molecule has 144 valence electrons. The number of carbonyl (C=O) groups excluding carboxylic acids is 1. The number of nitrogens with one attached hydrogen (secondary N) is 1. The van der Waals surface area contributed by atoms with Gasteiger partial charge < -0.3 is 10.4 Å². The lowest BCUT2D eigenvalue weighted by Crippen LogP contribution is -2.19. The summed E-state index contributed by atoms with van der Waals surface area (Å²) in [4.78, 5) is 32.4. The highest BCUT2D eigenvalue weighted by Crippen LogP contribution is 2.35. The summed E-state index contributed by atoms with van der Waals surface area (Å²) in [5, 5.41) is 13.6. The number of aromatic carboxylic acids is 1. The molecular weight excluding hydrogens is 433 g/mol. The fourth-order valence-corrected chi connectivity index (χ4v) is 4.00. The molecule has 1 aliphatic rings. The van der Waals surface area contributed by atoms with Crippen LogP contribution in [0.4, 0.5) is 5.69 Å². The second kappa shape index (κ2) is 7.87. The molecule has 1 amide bonds. The number of aromatic nitrogens is 1. The summed E-state index contributed by atoms with van der Waals surface area (Å²) in [6.45, 7) is 0. The summed E-state index contributed by atoms with van der Waals surface area (Å²) in [5.74, 6) is -1.34. The van der Waals surface area contributed by atoms with Crippen LogP contribution in [0.15, 0.2) is 58.6 Å². The molecule has 4 rings (SSSR count). The molecule has 9 heteroatoms. The Kier molecular flexibility index (Phi) is 5.27. The van der Waals surface area contributed by atoms with E-state index >= 15 is 0 Å². The molecule has 1 aliphatic heterocycles. The molecule has 1 aromatic heterocycles. The van der Waals surface area contributed by atoms with Crippen molar-refractivity contribution in [1.82, 2.24) is 10.3 Å². The van der Waals surface area contributed by atoms with Gasteiger partial charge in [0, 0.05) is 11.6 Å². The fourth-order valence-electron chi connectivity index (χ4n) is 2.69. The number of benzene rings is 2. The average molecular weight is 444 g/mol. The Morgan fingerprint density at radius 3 is 2.66 bits per heavy atom. The van der Waals surface area contributed by atoms with Crippen molar-refractivity contribution in [1.29, 1.82) is 0 Å². The van der Waals surface area contributed by atoms with Crippen LogP contribution in [0.1, 0.15) is 15.9 Å². The van der Waals surface area contributed by atoms with E-state index in [1.165, 1.54) is 6.20 Å². The quantitative estimate of drug-likeness (QED) is 0.547. The van der Waals surface area contributed by atoms with Crippen LogP contribution >= 0.6 is 35.0 Å². The highest BCUT2D eigenvalue weighted by atomic mass is 35.5. The van der Waals surface area contributed by atoms with E-state index in [2.05, 4.69) is 15.3 Å². The Labute approximate surface area is 179 Å². The van der Waals surface area contributed by atoms with Crippen molar-refractivity contribution in [3.63, 3.8) is 0 Å². The molecule has 1 fully saturated rings. The number of aliphatic imine (C=N–C) groups is 1. The highest BCUT2D eigenvalue weighted by molar-refractivity contribution is 8.18. The van der Waals surface area contributed by atoms with Gasteiger partial charge in [0.2, 0.25) is 0 Å². The van der Waals surface area contributed by atoms with E-state index in [0.717, 1.165) is 17.3 Å². The number of thioether (sulfide) groups is 1. The van der Waals surface area contributed by atoms with Gasteiger partial charge in [-0.1, -0.05) is 35.3 Å². The van der Waals surface area contributed by atoms with Gasteiger partial charge in [-0.2, -0.15) is 0 Å². The van der Waals surface area contributed by atoms with Gasteiger partial charge in [-0.25, -0.2) is 9.79 Å². The number of fused-ring (bicyclic) bond motifs is 1. The van der Waals surface area contributed by atoms with Gasteiger partial charge in [-0.05, 0) is 53.7 Å². The van der Waals surface area contributed by atoms with Crippen LogP contribution in [0.25, 0.3) is 17.0 Å². The second-order valence-corrected chi connectivity index (χ2v) is 7.88. The third-order valence-electron chi connectivity index (χ3n) is 4.05. The average Bonchev–Trinajstić information content (AvgIpc) is 3.03. The van der Waals surface area contributed by atoms with E-state index in [9.17, 15) is 9.59 Å². The first kappa shape index (κ1) is 19.4. The standard InChI is InChI=1S/C20H11Cl2N3O3S/c21-13-2-1-3-14(22)17(13)24-20-25-18(26)16(29-20)7-10-4-5-15-11(6-10)8-12(9-23-15)19(27)28/h1-9H,(H,27,28)(H,24,25,26)/b16-7+. The Hall–Kier alpha value is -2.87. The molecule has 2 heterocycles. The van der Waals surface area contributed by atoms with Crippen LogP contribution < -0.4 is 5.32 Å². The summed E-state index contributed by atoms with van der Waals surface area (Å²) in [7, 11) is 0. The van der Waals surface area contributed by atoms with Gasteiger partial charge >= 0.3 is 5.97 Å². The normalized spacial score (nSPS) is 16.6. The van der Waals surface area contributed by atoms with E-state index in [-0.39, 0.29) is 11.5 Å². The molecule has 0 atom stereocenters. The van der Waals surface area contributed by atoms with Crippen molar-refractivity contribution < 1.29 is 14.7 Å². The Morgan fingerprint density at radius 1 is 1.17 bits per heavy atom. The van der Waals surface area contributed by atoms with Crippen molar-refractivity contribution in [2.24, 2.45) is 4.99 Å². The smallest absolute Gasteiger partial charge is 0.337 e. The van der Waals surface area contributed by atoms with Crippen molar-refractivity contribution in [3.8, 4) is 0 Å². The number of nitrogens with zero attached hydrogens (tertiary/aromatic N) is 2. The zero-order chi connectivity index (χ0) is 20.5. The number of hydrogen-bond acceptors (Lipinski definition) is 5. The summed E-state index contributed by atoms with van der Waals surface area (Å²) in [5.41, 5.74) is 1.88. The second-order valence-electron chi connectivity index (χ2n) is 6.03. The number of hydrogen-bond donors (Lipinski definition) is 2. The lowest BCUT2D eigenvalue weighted by molar-refractivity contribution is -0.115. The minimum Gasteiger partial charge on any atom is -0.478 e. The number of amides is 1. The summed E-state index contributed by atoms with van der Waals surface area (Å²) < 4.78 is 0. The third kappa shape index (κ3) is 4.12. The summed E-state index contributed by atoms with van der Waals surface area (Å²) in [6.07, 6.45) is 3.01. The van der Waals surface area contributed by atoms with Crippen molar-refractivity contribution in [2.75, 3.05) is 0 Å². The molecule has 3 aromatic rings. The van der Waals surface area contributed by atoms with Crippen LogP contribution in [0, 0.1) is 0 Å². The number of rotatable bonds is 3. The Balaban J connectivity index is 1.65. The number of carbonyl (C=O) groups is 2. The molecule has 0 unspecified atom stereocenters. The molecule has 0 aliphatic carbocycles. The van der Waals surface area contributed by atoms with Gasteiger partial charge in [0.15, 0.2) is 5.17 Å². The van der Waals surface area contributed by atoms with E-state index in [1.54, 1.807) is 48.5 Å². The zero-order valence-corrected chi connectivity index (χ0v) is 16.8. The largest absolute Gasteiger partial charge is 0.478 e. The number of carboxylic acid groups (broad SMARTS) is 1. The monoisotopic (exact) mass is 443 g/mol. The van der Waals surface area contributed by atoms with E-state index in [0.29, 0.717) is 36.7 Å². The number of pyridine rings is 1. The van der Waals surface area contributed by atoms with Crippen LogP contribution in [0.5, 0.6) is 0 Å². The predicted molar refractivity (Wildman–Crippen MR) is 116 cm³/mol. The van der Waals surface area contributed by atoms with Crippen molar-refractivity contribution >= 4 is 74.7 Å². The SMILES string of the molecule is O=C1NC(=Nc2c(Cl)cccc2Cl)S/C1=C/c1ccc2ncc(C(=O)O)cc2c1. The summed E-state index contributed by atoms with van der Waals surface area (Å²) >= 11 is 13.4. The molecule has 29 heavy (non-hydrogen) atoms. The zero-order valence-electron chi connectivity index (χ0n) is 14.5. The maximum atomic E-state index is 12.3. The molecule has 0 radical (unpaired) electrons. The first-order chi connectivity index (χ1) is 13.9. The predicted octanol–water partition coefficient (Wildman–Crippen LogP) is 5.13. The lowest BCUT2D eigenvalue weighted by atomic mass is 10.1. The van der Waals surface area contributed by atoms with Crippen molar-refractivity contribution in [3.05, 3.63) is 74.7 Å². The molecule has 0 spiro atoms. The van der Waals surface area contributed by atoms with Crippen LogP contribution in [-0.4, -0.2) is 27.1 Å². The lowest BCUT2D eigenvalue weighted by Gasteiger charge is -2.02. The van der Waals surface area contributed by atoms with Crippen LogP contribution in [-0.2, 0) is 4.79 Å². The van der Waals surface area contributed by atoms with Gasteiger partial charge in [-0.15, -0.1) is 0 Å². The highest BCUT2D eigenvalue weighted by Gasteiger charge is 2.24. The first-order valence-corrected chi connectivity index (χ1v) is 9.84. The maximum Gasteiger partial charge on any atom is 0.337 e. The molecule has 1 saturated heterocycles. The molecule has 2 aromatic carbocycles. The number of para-hydroxylation sites is 1. The van der Waals surface area contributed by atoms with Crippen LogP contribution in [0.2, 0.25) is 10.0 Å². The van der Waals surface area contributed by atoms with Gasteiger partial charge in [0.05, 0.1) is 26.0 Å². The number of carboxylic acids is 1. The minimum absolute atomic E-state index is 0.0984. The number of amidine groups is 1. The Morgan fingerprint density at radius 2 is 1.93 bits per heavy atom. The van der Waals surface area contributed by atoms with Gasteiger partial charge in [0.25, 0.3) is 5.91 Å². The topological polar surface area (TPSA) is 91.7 Å². The third-order valence-corrected chi connectivity index (χ3v) is 5.57. The Bertz CT molecular complexity index is 1220. The summed E-state index contributed by atoms with van der Waals surface area (Å²) in [6, 6.07) is 11.9. The van der Waals surface area contributed by atoms with Crippen LogP contribution in [0.3, 0.4) is 0 Å². The van der Waals surface area contributed by atoms with Gasteiger partial charge in [-0.3, -0.25) is 9.78 Å². The fraction of sp³-hybridized carbons (Fsp3) is 0. The molecule has 0 bridgehead atoms. The van der Waals surface area contributed by atoms with E-state index in [4.69, 9.17) is 28.3 Å². The van der Waals surface area contributed by atoms with Gasteiger partial charge in [0.1, 0.15) is 5.69 Å². The molecule has 2 N–H and O–H groups in total. The molecular formula is C20H11Cl2N3O3S. The van der Waals surface area contributed by atoms with Crippen molar-refractivity contribution in [2.45, 2.75) is 0 Å². The maximum absolute atomic E-state index is 12.3. The minimum atomic E-state index is -1.05. The number of halogens is 2. The first-order valence-electron chi connectivity index (χ1n) is 8.27. The van der Waals surface area contributed by atoms with E-state index in [1.807, 2.05) is 0 Å².